The first-order valence-corrected chi connectivity index (χ1v) is 8.19. The number of thiazole rings is 1. The van der Waals surface area contributed by atoms with E-state index in [4.69, 9.17) is 0 Å². The molecule has 1 fully saturated rings. The number of rotatable bonds is 2. The van der Waals surface area contributed by atoms with Crippen molar-refractivity contribution in [3.63, 3.8) is 0 Å². The van der Waals surface area contributed by atoms with E-state index in [2.05, 4.69) is 15.3 Å². The van der Waals surface area contributed by atoms with E-state index in [-0.39, 0.29) is 11.9 Å². The van der Waals surface area contributed by atoms with Crippen LogP contribution in [0.2, 0.25) is 0 Å². The number of carbonyl (C=O) groups excluding carboxylic acids is 1. The van der Waals surface area contributed by atoms with Gasteiger partial charge in [0.15, 0.2) is 0 Å². The van der Waals surface area contributed by atoms with Gasteiger partial charge in [0.1, 0.15) is 5.01 Å². The molecule has 1 saturated heterocycles. The number of hydrogen-bond donors (Lipinski definition) is 0. The molecule has 0 aliphatic carbocycles. The lowest BCUT2D eigenvalue weighted by molar-refractivity contribution is 0.0610. The number of pyridine rings is 1. The first-order chi connectivity index (χ1) is 10.2. The van der Waals surface area contributed by atoms with Gasteiger partial charge in [-0.25, -0.2) is 4.98 Å². The fourth-order valence-electron chi connectivity index (χ4n) is 2.82. The minimum atomic E-state index is 0.0816. The predicted octanol–water partition coefficient (Wildman–Crippen LogP) is 3.52. The lowest BCUT2D eigenvalue weighted by Crippen LogP contribution is -2.38. The number of nitrogens with zero attached hydrogens (tertiary/aromatic N) is 3. The summed E-state index contributed by atoms with van der Waals surface area (Å²) in [5.41, 5.74) is 2.53. The van der Waals surface area contributed by atoms with Crippen LogP contribution in [0.4, 0.5) is 0 Å². The molecular formula is C16H19N3OS. The van der Waals surface area contributed by atoms with Crippen LogP contribution < -0.4 is 0 Å². The molecular weight excluding hydrogens is 282 g/mol. The molecule has 110 valence electrons. The number of amides is 1. The Bertz CT molecular complexity index is 652. The van der Waals surface area contributed by atoms with E-state index in [9.17, 15) is 4.79 Å². The summed E-state index contributed by atoms with van der Waals surface area (Å²) in [5, 5.41) is 3.11. The second-order valence-corrected chi connectivity index (χ2v) is 6.36. The molecule has 1 aliphatic heterocycles. The second-order valence-electron chi connectivity index (χ2n) is 5.47. The van der Waals surface area contributed by atoms with Gasteiger partial charge in [-0.3, -0.25) is 9.78 Å². The van der Waals surface area contributed by atoms with Gasteiger partial charge < -0.3 is 4.90 Å². The third-order valence-electron chi connectivity index (χ3n) is 3.92. The average Bonchev–Trinajstić information content (AvgIpc) is 2.93. The zero-order valence-corrected chi connectivity index (χ0v) is 13.2. The Hall–Kier alpha value is -1.75. The number of piperidine rings is 1. The molecule has 1 aliphatic rings. The summed E-state index contributed by atoms with van der Waals surface area (Å²) in [6.07, 6.45) is 4.94. The number of hydrogen-bond acceptors (Lipinski definition) is 4. The topological polar surface area (TPSA) is 46.1 Å². The fraction of sp³-hybridized carbons (Fsp3) is 0.438. The molecule has 2 aromatic rings. The van der Waals surface area contributed by atoms with Gasteiger partial charge in [-0.05, 0) is 45.2 Å². The largest absolute Gasteiger partial charge is 0.329 e. The first kappa shape index (κ1) is 14.2. The molecule has 3 rings (SSSR count). The van der Waals surface area contributed by atoms with E-state index in [1.54, 1.807) is 17.5 Å². The van der Waals surface area contributed by atoms with Gasteiger partial charge in [0.05, 0.1) is 11.6 Å². The van der Waals surface area contributed by atoms with Crippen molar-refractivity contribution in [3.05, 3.63) is 45.7 Å². The summed E-state index contributed by atoms with van der Waals surface area (Å²) in [4.78, 5) is 23.7. The lowest BCUT2D eigenvalue weighted by atomic mass is 10.0. The molecule has 1 atom stereocenters. The summed E-state index contributed by atoms with van der Waals surface area (Å²) < 4.78 is 0. The van der Waals surface area contributed by atoms with Crippen LogP contribution in [0.25, 0.3) is 0 Å². The van der Waals surface area contributed by atoms with Crippen LogP contribution in [0.5, 0.6) is 0 Å². The predicted molar refractivity (Wildman–Crippen MR) is 83.5 cm³/mol. The first-order valence-electron chi connectivity index (χ1n) is 7.31. The normalized spacial score (nSPS) is 18.8. The summed E-state index contributed by atoms with van der Waals surface area (Å²) in [7, 11) is 0. The number of likely N-dealkylation sites (tertiary alicyclic amines) is 1. The minimum Gasteiger partial charge on any atom is -0.329 e. The van der Waals surface area contributed by atoms with Crippen LogP contribution in [-0.4, -0.2) is 27.3 Å². The third-order valence-corrected chi connectivity index (χ3v) is 4.99. The van der Waals surface area contributed by atoms with Crippen molar-refractivity contribution in [3.8, 4) is 0 Å². The molecule has 2 aromatic heterocycles. The molecule has 1 amide bonds. The Labute approximate surface area is 128 Å². The lowest BCUT2D eigenvalue weighted by Gasteiger charge is -2.34. The zero-order chi connectivity index (χ0) is 14.8. The van der Waals surface area contributed by atoms with Crippen molar-refractivity contribution in [2.45, 2.75) is 39.2 Å². The number of aryl methyl sites for hydroxylation is 2. The van der Waals surface area contributed by atoms with Crippen LogP contribution in [0.1, 0.15) is 52.1 Å². The van der Waals surface area contributed by atoms with Gasteiger partial charge in [-0.15, -0.1) is 11.3 Å². The van der Waals surface area contributed by atoms with Crippen LogP contribution in [0.15, 0.2) is 23.7 Å². The standard InChI is InChI=1S/C16H19N3OS/c1-11-10-21-15(18-11)14-7-3-4-9-19(14)16(20)13-6-5-8-17-12(13)2/h5-6,8,10,14H,3-4,7,9H2,1-2H3/t14-/m1/s1. The monoisotopic (exact) mass is 301 g/mol. The van der Waals surface area contributed by atoms with Crippen LogP contribution in [0, 0.1) is 13.8 Å². The Kier molecular flexibility index (Phi) is 4.01. The van der Waals surface area contributed by atoms with Gasteiger partial charge in [-0.2, -0.15) is 0 Å². The average molecular weight is 301 g/mol. The molecule has 0 unspecified atom stereocenters. The van der Waals surface area contributed by atoms with E-state index < -0.39 is 0 Å². The molecule has 0 N–H and O–H groups in total. The van der Waals surface area contributed by atoms with Crippen molar-refractivity contribution >= 4 is 17.2 Å². The van der Waals surface area contributed by atoms with Gasteiger partial charge in [0, 0.05) is 29.5 Å². The quantitative estimate of drug-likeness (QED) is 0.852. The fourth-order valence-corrected chi connectivity index (χ4v) is 3.76. The van der Waals surface area contributed by atoms with E-state index in [0.717, 1.165) is 42.2 Å². The van der Waals surface area contributed by atoms with E-state index in [1.165, 1.54) is 0 Å². The number of carbonyl (C=O) groups is 1. The number of aromatic nitrogens is 2. The molecule has 21 heavy (non-hydrogen) atoms. The molecule has 0 radical (unpaired) electrons. The maximum atomic E-state index is 12.9. The highest BCUT2D eigenvalue weighted by atomic mass is 32.1. The molecule has 0 saturated carbocycles. The van der Waals surface area contributed by atoms with Crippen molar-refractivity contribution in [2.75, 3.05) is 6.54 Å². The van der Waals surface area contributed by atoms with Crippen LogP contribution >= 0.6 is 11.3 Å². The van der Waals surface area contributed by atoms with Gasteiger partial charge in [0.25, 0.3) is 5.91 Å². The Balaban J connectivity index is 1.91. The molecule has 4 nitrogen and oxygen atoms in total. The molecule has 0 aromatic carbocycles. The maximum Gasteiger partial charge on any atom is 0.256 e. The van der Waals surface area contributed by atoms with Crippen molar-refractivity contribution in [1.82, 2.24) is 14.9 Å². The molecule has 0 bridgehead atoms. The maximum absolute atomic E-state index is 12.9. The second kappa shape index (κ2) is 5.93. The summed E-state index contributed by atoms with van der Waals surface area (Å²) in [6.45, 7) is 4.69. The van der Waals surface area contributed by atoms with Crippen molar-refractivity contribution in [1.29, 1.82) is 0 Å². The summed E-state index contributed by atoms with van der Waals surface area (Å²) in [6, 6.07) is 3.81. The van der Waals surface area contributed by atoms with Gasteiger partial charge in [0.2, 0.25) is 0 Å². The van der Waals surface area contributed by atoms with Gasteiger partial charge in [-0.1, -0.05) is 0 Å². The van der Waals surface area contributed by atoms with E-state index in [1.807, 2.05) is 30.9 Å². The molecule has 0 spiro atoms. The van der Waals surface area contributed by atoms with Gasteiger partial charge >= 0.3 is 0 Å². The highest BCUT2D eigenvalue weighted by Gasteiger charge is 2.31. The van der Waals surface area contributed by atoms with Crippen LogP contribution in [-0.2, 0) is 0 Å². The highest BCUT2D eigenvalue weighted by molar-refractivity contribution is 7.09. The van der Waals surface area contributed by atoms with Crippen molar-refractivity contribution in [2.24, 2.45) is 0 Å². The Morgan fingerprint density at radius 2 is 2.24 bits per heavy atom. The highest BCUT2D eigenvalue weighted by Crippen LogP contribution is 2.33. The molecule has 3 heterocycles. The smallest absolute Gasteiger partial charge is 0.256 e. The summed E-state index contributed by atoms with van der Waals surface area (Å²) >= 11 is 1.66. The Morgan fingerprint density at radius 1 is 1.38 bits per heavy atom. The van der Waals surface area contributed by atoms with E-state index in [0.29, 0.717) is 5.56 Å². The van der Waals surface area contributed by atoms with Crippen molar-refractivity contribution < 1.29 is 4.79 Å². The molecule has 5 heteroatoms. The van der Waals surface area contributed by atoms with E-state index >= 15 is 0 Å². The van der Waals surface area contributed by atoms with Crippen LogP contribution in [0.3, 0.4) is 0 Å². The summed E-state index contributed by atoms with van der Waals surface area (Å²) in [5.74, 6) is 0.0816. The Morgan fingerprint density at radius 3 is 2.95 bits per heavy atom. The zero-order valence-electron chi connectivity index (χ0n) is 12.4. The SMILES string of the molecule is Cc1csc([C@H]2CCCCN2C(=O)c2cccnc2C)n1. The minimum absolute atomic E-state index is 0.0816. The third kappa shape index (κ3) is 2.83.